The first-order valence-electron chi connectivity index (χ1n) is 4.38. The van der Waals surface area contributed by atoms with E-state index in [4.69, 9.17) is 4.11 Å². The van der Waals surface area contributed by atoms with E-state index in [9.17, 15) is 4.39 Å². The molecule has 0 aromatic heterocycles. The fourth-order valence-corrected chi connectivity index (χ4v) is 0.585. The molecule has 0 spiro atoms. The van der Waals surface area contributed by atoms with Gasteiger partial charge < -0.3 is 4.90 Å². The maximum atomic E-state index is 13.0. The largest absolute Gasteiger partial charge is 0.378 e. The fourth-order valence-electron chi connectivity index (χ4n) is 0.585. The molecule has 0 atom stereocenters. The van der Waals surface area contributed by atoms with E-state index in [1.807, 2.05) is 0 Å². The molecule has 0 heterocycles. The molecule has 2 heteroatoms. The van der Waals surface area contributed by atoms with Crippen LogP contribution in [-0.4, -0.2) is 14.1 Å². The third kappa shape index (κ3) is 1.47. The van der Waals surface area contributed by atoms with Gasteiger partial charge in [-0.1, -0.05) is 6.07 Å². The van der Waals surface area contributed by atoms with Crippen molar-refractivity contribution in [3.8, 4) is 0 Å². The molecule has 0 aliphatic rings. The molecule has 0 fully saturated rings. The van der Waals surface area contributed by atoms with Crippen molar-refractivity contribution in [3.63, 3.8) is 0 Å². The number of hydrogen-bond donors (Lipinski definition) is 0. The van der Waals surface area contributed by atoms with Crippen LogP contribution in [-0.2, 0) is 0 Å². The van der Waals surface area contributed by atoms with Gasteiger partial charge in [-0.3, -0.25) is 0 Å². The predicted molar refractivity (Wildman–Crippen MR) is 40.7 cm³/mol. The minimum Gasteiger partial charge on any atom is -0.378 e. The Balaban J connectivity index is 3.44. The minimum absolute atomic E-state index is 0.00130. The molecule has 1 aromatic carbocycles. The van der Waals surface area contributed by atoms with Crippen LogP contribution in [0.25, 0.3) is 0 Å². The zero-order valence-corrected chi connectivity index (χ0v) is 5.90. The number of anilines is 1. The summed E-state index contributed by atoms with van der Waals surface area (Å²) in [5.74, 6) is -0.875. The smallest absolute Gasteiger partial charge is 0.125 e. The zero-order valence-electron chi connectivity index (χ0n) is 8.90. The average molecular weight is 142 g/mol. The van der Waals surface area contributed by atoms with Crippen molar-refractivity contribution in [3.05, 3.63) is 30.0 Å². The molecular weight excluding hydrogens is 129 g/mol. The van der Waals surface area contributed by atoms with Crippen LogP contribution < -0.4 is 4.90 Å². The Morgan fingerprint density at radius 2 is 2.20 bits per heavy atom. The van der Waals surface area contributed by atoms with Crippen LogP contribution in [0.2, 0.25) is 0 Å². The lowest BCUT2D eigenvalue weighted by molar-refractivity contribution is 0.627. The number of halogens is 1. The van der Waals surface area contributed by atoms with Crippen molar-refractivity contribution in [1.82, 2.24) is 0 Å². The van der Waals surface area contributed by atoms with Crippen molar-refractivity contribution in [1.29, 1.82) is 0 Å². The molecule has 0 aliphatic heterocycles. The zero-order chi connectivity index (χ0) is 10.2. The summed E-state index contributed by atoms with van der Waals surface area (Å²) in [4.78, 5) is 1.49. The molecule has 0 aliphatic carbocycles. The summed E-state index contributed by atoms with van der Waals surface area (Å²) in [5.41, 5.74) is 0.202. The molecule has 0 saturated heterocycles. The highest BCUT2D eigenvalue weighted by Gasteiger charge is 1.94. The first-order chi connectivity index (χ1) is 5.95. The number of hydrogen-bond acceptors (Lipinski definition) is 1. The summed E-state index contributed by atoms with van der Waals surface area (Å²) in [6.45, 7) is 0. The Hall–Kier alpha value is -1.05. The third-order valence-corrected chi connectivity index (χ3v) is 1.08. The average Bonchev–Trinajstić information content (AvgIpc) is 1.99. The molecule has 1 aromatic rings. The standard InChI is InChI=1S/C8H10FN/c1-10(2)8-5-3-4-7(9)6-8/h3-6H,1-2H3/i4D,5D,6D. The fraction of sp³-hybridized carbons (Fsp3) is 0.250. The molecule has 10 heavy (non-hydrogen) atoms. The van der Waals surface area contributed by atoms with Gasteiger partial charge in [0.2, 0.25) is 0 Å². The van der Waals surface area contributed by atoms with Crippen LogP contribution in [0.15, 0.2) is 24.2 Å². The molecule has 54 valence electrons. The Labute approximate surface area is 64.3 Å². The summed E-state index contributed by atoms with van der Waals surface area (Å²) in [6.07, 6.45) is 0. The van der Waals surface area contributed by atoms with Crippen molar-refractivity contribution in [2.45, 2.75) is 0 Å². The lowest BCUT2D eigenvalue weighted by atomic mass is 10.3. The van der Waals surface area contributed by atoms with Crippen LogP contribution in [0.1, 0.15) is 4.11 Å². The molecule has 0 N–H and O–H groups in total. The molecule has 0 unspecified atom stereocenters. The molecule has 0 radical (unpaired) electrons. The summed E-state index contributed by atoms with van der Waals surface area (Å²) in [6, 6.07) is 0.312. The molecule has 1 nitrogen and oxygen atoms in total. The summed E-state index contributed by atoms with van der Waals surface area (Å²) >= 11 is 0. The molecule has 0 amide bonds. The highest BCUT2D eigenvalue weighted by atomic mass is 19.1. The molecular formula is C8H10FN. The van der Waals surface area contributed by atoms with E-state index in [0.29, 0.717) is 0 Å². The lowest BCUT2D eigenvalue weighted by Gasteiger charge is -2.11. The van der Waals surface area contributed by atoms with E-state index in [0.717, 1.165) is 6.07 Å². The second-order valence-corrected chi connectivity index (χ2v) is 2.12. The second kappa shape index (κ2) is 2.69. The monoisotopic (exact) mass is 142 g/mol. The van der Waals surface area contributed by atoms with Crippen LogP contribution in [0, 0.1) is 5.82 Å². The van der Waals surface area contributed by atoms with Crippen molar-refractivity contribution >= 4 is 5.69 Å². The summed E-state index contributed by atoms with van der Waals surface area (Å²) in [5, 5.41) is 0. The number of rotatable bonds is 1. The van der Waals surface area contributed by atoms with E-state index < -0.39 is 11.9 Å². The minimum atomic E-state index is -0.875. The predicted octanol–water partition coefficient (Wildman–Crippen LogP) is 1.89. The molecule has 0 bridgehead atoms. The van der Waals surface area contributed by atoms with Gasteiger partial charge in [-0.2, -0.15) is 0 Å². The van der Waals surface area contributed by atoms with Crippen molar-refractivity contribution in [2.24, 2.45) is 0 Å². The summed E-state index contributed by atoms with van der Waals surface area (Å²) in [7, 11) is 3.27. The maximum Gasteiger partial charge on any atom is 0.125 e. The van der Waals surface area contributed by atoms with Crippen LogP contribution in [0.5, 0.6) is 0 Å². The first-order valence-corrected chi connectivity index (χ1v) is 2.88. The third-order valence-electron chi connectivity index (χ3n) is 1.08. The van der Waals surface area contributed by atoms with Gasteiger partial charge in [0.15, 0.2) is 0 Å². The van der Waals surface area contributed by atoms with Gasteiger partial charge >= 0.3 is 0 Å². The molecule has 0 saturated carbocycles. The Bertz CT molecular complexity index is 339. The quantitative estimate of drug-likeness (QED) is 0.578. The summed E-state index contributed by atoms with van der Waals surface area (Å²) < 4.78 is 34.9. The van der Waals surface area contributed by atoms with E-state index in [1.54, 1.807) is 14.1 Å². The van der Waals surface area contributed by atoms with Gasteiger partial charge in [0.25, 0.3) is 0 Å². The highest BCUT2D eigenvalue weighted by Crippen LogP contribution is 2.11. The highest BCUT2D eigenvalue weighted by molar-refractivity contribution is 5.44. The Kier molecular flexibility index (Phi) is 1.07. The van der Waals surface area contributed by atoms with Gasteiger partial charge in [-0.15, -0.1) is 0 Å². The van der Waals surface area contributed by atoms with Gasteiger partial charge in [0, 0.05) is 19.8 Å². The van der Waals surface area contributed by atoms with Gasteiger partial charge in [-0.05, 0) is 18.1 Å². The number of benzene rings is 1. The van der Waals surface area contributed by atoms with Gasteiger partial charge in [-0.25, -0.2) is 4.39 Å². The number of nitrogens with zero attached hydrogens (tertiary/aromatic N) is 1. The Morgan fingerprint density at radius 1 is 1.50 bits per heavy atom. The SMILES string of the molecule is [2H]c1cc([2H])c(N(C)C)c([2H])c1F. The van der Waals surface area contributed by atoms with E-state index in [2.05, 4.69) is 0 Å². The van der Waals surface area contributed by atoms with Crippen LogP contribution in [0.3, 0.4) is 0 Å². The van der Waals surface area contributed by atoms with E-state index in [-0.39, 0.29) is 17.8 Å². The Morgan fingerprint density at radius 3 is 2.80 bits per heavy atom. The van der Waals surface area contributed by atoms with Crippen molar-refractivity contribution < 1.29 is 8.50 Å². The first kappa shape index (κ1) is 3.96. The van der Waals surface area contributed by atoms with E-state index >= 15 is 0 Å². The van der Waals surface area contributed by atoms with Crippen molar-refractivity contribution in [2.75, 3.05) is 19.0 Å². The normalized spacial score (nSPS) is 13.7. The maximum absolute atomic E-state index is 13.0. The van der Waals surface area contributed by atoms with Crippen LogP contribution in [0.4, 0.5) is 10.1 Å². The van der Waals surface area contributed by atoms with E-state index in [1.165, 1.54) is 4.90 Å². The topological polar surface area (TPSA) is 3.24 Å². The van der Waals surface area contributed by atoms with Gasteiger partial charge in [0.05, 0.1) is 4.11 Å². The van der Waals surface area contributed by atoms with Crippen LogP contribution >= 0.6 is 0 Å². The van der Waals surface area contributed by atoms with Gasteiger partial charge in [0.1, 0.15) is 5.82 Å². The lowest BCUT2D eigenvalue weighted by Crippen LogP contribution is -2.08. The molecule has 1 rings (SSSR count). The second-order valence-electron chi connectivity index (χ2n) is 2.12.